The predicted molar refractivity (Wildman–Crippen MR) is 286 cm³/mol. The summed E-state index contributed by atoms with van der Waals surface area (Å²) in [5.41, 5.74) is 4.22. The fourth-order valence-electron chi connectivity index (χ4n) is 7.87. The van der Waals surface area contributed by atoms with Gasteiger partial charge in [-0.15, -0.1) is 0 Å². The van der Waals surface area contributed by atoms with Crippen molar-refractivity contribution >= 4 is 68.8 Å². The topological polar surface area (TPSA) is 266 Å². The molecule has 0 saturated heterocycles. The van der Waals surface area contributed by atoms with Gasteiger partial charge in [-0.3, -0.25) is 34.6 Å². The van der Waals surface area contributed by atoms with Crippen molar-refractivity contribution in [1.29, 1.82) is 0 Å². The number of non-ortho nitro benzene ring substituents is 2. The molecule has 4 N–H and O–H groups in total. The second-order valence-electron chi connectivity index (χ2n) is 17.4. The Morgan fingerprint density at radius 1 is 0.724 bits per heavy atom. The van der Waals surface area contributed by atoms with E-state index in [0.717, 1.165) is 52.0 Å². The van der Waals surface area contributed by atoms with Crippen LogP contribution in [0.1, 0.15) is 47.8 Å². The van der Waals surface area contributed by atoms with Crippen LogP contribution in [0.4, 0.5) is 17.1 Å². The summed E-state index contributed by atoms with van der Waals surface area (Å²) in [5, 5.41) is 49.6. The van der Waals surface area contributed by atoms with Gasteiger partial charge in [0.1, 0.15) is 31.2 Å². The number of phenols is 1. The third-order valence-corrected chi connectivity index (χ3v) is 12.6. The van der Waals surface area contributed by atoms with Crippen molar-refractivity contribution in [2.75, 3.05) is 72.7 Å². The lowest BCUT2D eigenvalue weighted by atomic mass is 9.89. The van der Waals surface area contributed by atoms with Crippen LogP contribution in [0.5, 0.6) is 5.75 Å². The Labute approximate surface area is 439 Å². The predicted octanol–water partition coefficient (Wildman–Crippen LogP) is 7.76. The van der Waals surface area contributed by atoms with Gasteiger partial charge in [-0.2, -0.15) is 0 Å². The average Bonchev–Trinajstić information content (AvgIpc) is 3.40. The largest absolute Gasteiger partial charge is 0.508 e. The highest BCUT2D eigenvalue weighted by Gasteiger charge is 2.24. The Morgan fingerprint density at radius 3 is 2.05 bits per heavy atom. The van der Waals surface area contributed by atoms with E-state index >= 15 is 0 Å². The number of anilines is 1. The molecule has 7 rings (SSSR count). The van der Waals surface area contributed by atoms with Crippen LogP contribution in [0, 0.1) is 20.2 Å². The number of carbonyl (C=O) groups excluding carboxylic acids is 3. The first-order chi connectivity index (χ1) is 36.4. The number of hydrogen-bond acceptors (Lipinski definition) is 15. The fraction of sp³-hybridized carbons (Fsp3) is 0.218. The molecule has 20 nitrogen and oxygen atoms in total. The van der Waals surface area contributed by atoms with E-state index < -0.39 is 39.0 Å². The Kier molecular flexibility index (Phi) is 18.4. The number of nitrogens with zero attached hydrogens (tertiary/aromatic N) is 4. The van der Waals surface area contributed by atoms with Crippen molar-refractivity contribution in [2.45, 2.75) is 18.0 Å². The molecule has 1 aliphatic heterocycles. The van der Waals surface area contributed by atoms with Gasteiger partial charge < -0.3 is 44.4 Å². The van der Waals surface area contributed by atoms with Gasteiger partial charge in [-0.05, 0) is 107 Å². The van der Waals surface area contributed by atoms with E-state index in [2.05, 4.69) is 10.6 Å². The van der Waals surface area contributed by atoms with Gasteiger partial charge in [-0.1, -0.05) is 18.2 Å². The number of hydrogen-bond donors (Lipinski definition) is 4. The van der Waals surface area contributed by atoms with Crippen LogP contribution in [0.15, 0.2) is 131 Å². The van der Waals surface area contributed by atoms with E-state index in [4.69, 9.17) is 18.6 Å². The minimum atomic E-state index is -1.19. The molecule has 0 radical (unpaired) electrons. The first-order valence-electron chi connectivity index (χ1n) is 23.6. The molecule has 392 valence electrons. The summed E-state index contributed by atoms with van der Waals surface area (Å²) in [6, 6.07) is 30.1. The third kappa shape index (κ3) is 14.3. The molecule has 21 heteroatoms. The quantitative estimate of drug-likeness (QED) is 0.00907. The highest BCUT2D eigenvalue weighted by atomic mass is 32.2. The number of nitro groups is 2. The normalized spacial score (nSPS) is 11.2. The number of carboxylic acid groups (broad SMARTS) is 1. The Bertz CT molecular complexity index is 3370. The summed E-state index contributed by atoms with van der Waals surface area (Å²) < 4.78 is 25.4. The van der Waals surface area contributed by atoms with Gasteiger partial charge in [0, 0.05) is 89.7 Å². The van der Waals surface area contributed by atoms with Gasteiger partial charge in [0.2, 0.25) is 10.5 Å². The molecule has 5 aromatic rings. The van der Waals surface area contributed by atoms with E-state index in [1.54, 1.807) is 36.4 Å². The molecule has 0 atom stereocenters. The lowest BCUT2D eigenvalue weighted by Gasteiger charge is -2.19. The minimum Gasteiger partial charge on any atom is -0.508 e. The van der Waals surface area contributed by atoms with Crippen molar-refractivity contribution in [3.63, 3.8) is 0 Å². The van der Waals surface area contributed by atoms with Crippen LogP contribution in [0.25, 0.3) is 39.5 Å². The van der Waals surface area contributed by atoms with Crippen LogP contribution >= 0.6 is 11.8 Å². The van der Waals surface area contributed by atoms with Gasteiger partial charge >= 0.3 is 5.97 Å². The van der Waals surface area contributed by atoms with Crippen LogP contribution in [0.3, 0.4) is 0 Å². The second kappa shape index (κ2) is 25.5. The average molecular weight is 1050 g/mol. The number of thioether (sulfide) groups is 1. The number of nitrogens with one attached hydrogen (secondary N) is 2. The maximum Gasteiger partial charge on any atom is 0.336 e. The number of aromatic hydroxyl groups is 1. The summed E-state index contributed by atoms with van der Waals surface area (Å²) in [6.07, 6.45) is 2.97. The van der Waals surface area contributed by atoms with E-state index in [1.165, 1.54) is 36.4 Å². The van der Waals surface area contributed by atoms with Crippen LogP contribution in [-0.4, -0.2) is 111 Å². The molecule has 76 heavy (non-hydrogen) atoms. The molecule has 0 unspecified atom stereocenters. The Hall–Kier alpha value is -8.76. The molecular formula is C55H53N6O14S+. The third-order valence-electron chi connectivity index (χ3n) is 11.7. The van der Waals surface area contributed by atoms with Gasteiger partial charge in [0.15, 0.2) is 0 Å². The van der Waals surface area contributed by atoms with E-state index in [-0.39, 0.29) is 85.8 Å². The lowest BCUT2D eigenvalue weighted by molar-refractivity contribution is -0.394. The molecule has 5 aromatic carbocycles. The SMILES string of the molecule is CN(C)c1ccc2c(-c3ccc(C(=O)NCCOCCOCCOCc4cc(O)ccc4/C=C/C(=O)Sc4ccc(C(=O)NCc5cc([N+](=O)[O-])cc([N+](=O)[O-])c5)cc4)cc3C(=O)O)c3ccc(=[N+](C)C)cc-3oc2c1. The fourth-order valence-corrected chi connectivity index (χ4v) is 8.51. The maximum absolute atomic E-state index is 13.2. The van der Waals surface area contributed by atoms with E-state index in [1.807, 2.05) is 74.1 Å². The van der Waals surface area contributed by atoms with Crippen molar-refractivity contribution in [3.8, 4) is 28.2 Å². The molecule has 0 spiro atoms. The van der Waals surface area contributed by atoms with Gasteiger partial charge in [0.25, 0.3) is 23.2 Å². The number of phenolic OH excluding ortho intramolecular Hbond substituents is 1. The van der Waals surface area contributed by atoms with Crippen molar-refractivity contribution in [1.82, 2.24) is 15.2 Å². The second-order valence-corrected chi connectivity index (χ2v) is 18.5. The highest BCUT2D eigenvalue weighted by Crippen LogP contribution is 2.42. The number of fused-ring (bicyclic) bond motifs is 2. The first kappa shape index (κ1) is 55.0. The number of rotatable bonds is 23. The number of aromatic carboxylic acids is 1. The standard InChI is InChI=1S/C55H52N6O14S/c1-58(2)39-10-16-46-49(30-39)75-50-31-40(59(3)4)11-17-47(50)52(46)45-15-8-37(28-48(45)55(66)67)54(65)56-19-20-72-21-22-73-23-24-74-33-38-27-43(62)12-5-35(38)9-18-51(63)76-44-13-6-36(7-14-44)53(64)57-32-34-25-41(60(68)69)29-42(26-34)61(70)71/h5-18,25-31H,19-24,32-33H2,1-4H3,(H3-,56,57,62,63,64,65,66,67)/p+1. The summed E-state index contributed by atoms with van der Waals surface area (Å²) in [6.45, 7) is 1.20. The number of ether oxygens (including phenoxy) is 3. The molecular weight excluding hydrogens is 1000 g/mol. The van der Waals surface area contributed by atoms with Crippen molar-refractivity contribution < 1.29 is 57.9 Å². The van der Waals surface area contributed by atoms with E-state index in [0.29, 0.717) is 38.5 Å². The zero-order chi connectivity index (χ0) is 54.5. The Morgan fingerprint density at radius 2 is 1.38 bits per heavy atom. The summed E-state index contributed by atoms with van der Waals surface area (Å²) in [4.78, 5) is 75.0. The lowest BCUT2D eigenvalue weighted by Crippen LogP contribution is -2.28. The number of amides is 2. The minimum absolute atomic E-state index is 0.0140. The number of carboxylic acids is 1. The monoisotopic (exact) mass is 1050 g/mol. The zero-order valence-corrected chi connectivity index (χ0v) is 42.6. The van der Waals surface area contributed by atoms with Gasteiger partial charge in [0.05, 0.1) is 67.2 Å². The molecule has 0 saturated carbocycles. The van der Waals surface area contributed by atoms with Gasteiger partial charge in [-0.25, -0.2) is 9.37 Å². The number of benzene rings is 6. The summed E-state index contributed by atoms with van der Waals surface area (Å²) >= 11 is 0.916. The zero-order valence-electron chi connectivity index (χ0n) is 41.8. The van der Waals surface area contributed by atoms with Crippen molar-refractivity contribution in [3.05, 3.63) is 180 Å². The Balaban J connectivity index is 0.826. The molecule has 0 bridgehead atoms. The van der Waals surface area contributed by atoms with Crippen LogP contribution in [-0.2, 0) is 32.2 Å². The van der Waals surface area contributed by atoms with Crippen LogP contribution in [0.2, 0.25) is 0 Å². The molecule has 0 fully saturated rings. The van der Waals surface area contributed by atoms with E-state index in [9.17, 15) is 49.6 Å². The molecule has 2 aliphatic rings. The summed E-state index contributed by atoms with van der Waals surface area (Å²) in [7, 11) is 7.71. The molecule has 1 aliphatic carbocycles. The molecule has 1 heterocycles. The highest BCUT2D eigenvalue weighted by molar-refractivity contribution is 8.14. The molecule has 2 amide bonds. The smallest absolute Gasteiger partial charge is 0.336 e. The number of carbonyl (C=O) groups is 4. The maximum atomic E-state index is 13.2. The summed E-state index contributed by atoms with van der Waals surface area (Å²) in [5.74, 6) is -1.58. The van der Waals surface area contributed by atoms with Crippen molar-refractivity contribution in [2.24, 2.45) is 0 Å². The first-order valence-corrected chi connectivity index (χ1v) is 24.4. The number of nitro benzene ring substituents is 2. The van der Waals surface area contributed by atoms with Crippen LogP contribution < -0.4 is 25.5 Å². The molecule has 0 aromatic heterocycles.